The number of methoxy groups -OCH3 is 1. The standard InChI is InChI=1S/C11H18N2O/c1-7-5-10(13-6-12)8(2)9(3)11(7)14-4/h5,13H,6,12H2,1-4H3. The Labute approximate surface area is 85.3 Å². The van der Waals surface area contributed by atoms with E-state index in [9.17, 15) is 0 Å². The van der Waals surface area contributed by atoms with Crippen LogP contribution in [0.4, 0.5) is 5.69 Å². The molecule has 0 saturated carbocycles. The monoisotopic (exact) mass is 194 g/mol. The second kappa shape index (κ2) is 4.33. The van der Waals surface area contributed by atoms with E-state index in [1.54, 1.807) is 7.11 Å². The van der Waals surface area contributed by atoms with Crippen LogP contribution < -0.4 is 15.8 Å². The molecule has 0 spiro atoms. The molecule has 0 amide bonds. The van der Waals surface area contributed by atoms with Gasteiger partial charge in [0.15, 0.2) is 0 Å². The summed E-state index contributed by atoms with van der Waals surface area (Å²) in [5.41, 5.74) is 10.0. The van der Waals surface area contributed by atoms with Crippen molar-refractivity contribution >= 4 is 5.69 Å². The molecule has 3 nitrogen and oxygen atoms in total. The van der Waals surface area contributed by atoms with Gasteiger partial charge in [0, 0.05) is 5.69 Å². The van der Waals surface area contributed by atoms with Gasteiger partial charge in [-0.15, -0.1) is 0 Å². The Kier molecular flexibility index (Phi) is 3.36. The molecule has 78 valence electrons. The Morgan fingerprint density at radius 3 is 2.43 bits per heavy atom. The van der Waals surface area contributed by atoms with Gasteiger partial charge in [-0.2, -0.15) is 0 Å². The molecule has 0 bridgehead atoms. The maximum atomic E-state index is 5.46. The number of aryl methyl sites for hydroxylation is 1. The zero-order chi connectivity index (χ0) is 10.7. The third-order valence-electron chi connectivity index (χ3n) is 2.52. The molecule has 0 radical (unpaired) electrons. The lowest BCUT2D eigenvalue weighted by Crippen LogP contribution is -2.12. The molecule has 0 unspecified atom stereocenters. The van der Waals surface area contributed by atoms with Gasteiger partial charge in [0.2, 0.25) is 0 Å². The first-order chi connectivity index (χ1) is 6.61. The van der Waals surface area contributed by atoms with Crippen LogP contribution in [-0.2, 0) is 0 Å². The van der Waals surface area contributed by atoms with Crippen molar-refractivity contribution < 1.29 is 4.74 Å². The quantitative estimate of drug-likeness (QED) is 0.723. The molecule has 0 fully saturated rings. The van der Waals surface area contributed by atoms with E-state index < -0.39 is 0 Å². The molecule has 0 heterocycles. The molecular formula is C11H18N2O. The number of rotatable bonds is 3. The molecule has 3 N–H and O–H groups in total. The fourth-order valence-corrected chi connectivity index (χ4v) is 1.67. The van der Waals surface area contributed by atoms with E-state index in [-0.39, 0.29) is 0 Å². The lowest BCUT2D eigenvalue weighted by Gasteiger charge is -2.15. The van der Waals surface area contributed by atoms with Gasteiger partial charge in [0.05, 0.1) is 13.8 Å². The van der Waals surface area contributed by atoms with Gasteiger partial charge >= 0.3 is 0 Å². The Balaban J connectivity index is 3.25. The SMILES string of the molecule is COc1c(C)cc(NCN)c(C)c1C. The van der Waals surface area contributed by atoms with E-state index in [1.807, 2.05) is 6.92 Å². The largest absolute Gasteiger partial charge is 0.496 e. The number of hydrogen-bond acceptors (Lipinski definition) is 3. The summed E-state index contributed by atoms with van der Waals surface area (Å²) in [7, 11) is 1.70. The van der Waals surface area contributed by atoms with Gasteiger partial charge in [0.1, 0.15) is 5.75 Å². The zero-order valence-electron chi connectivity index (χ0n) is 9.27. The van der Waals surface area contributed by atoms with E-state index in [0.29, 0.717) is 6.67 Å². The maximum Gasteiger partial charge on any atom is 0.125 e. The van der Waals surface area contributed by atoms with E-state index in [1.165, 1.54) is 11.1 Å². The van der Waals surface area contributed by atoms with Gasteiger partial charge in [0.25, 0.3) is 0 Å². The van der Waals surface area contributed by atoms with Gasteiger partial charge in [-0.05, 0) is 43.5 Å². The topological polar surface area (TPSA) is 47.3 Å². The zero-order valence-corrected chi connectivity index (χ0v) is 9.27. The van der Waals surface area contributed by atoms with Crippen molar-refractivity contribution in [3.63, 3.8) is 0 Å². The van der Waals surface area contributed by atoms with Crippen molar-refractivity contribution in [3.8, 4) is 5.75 Å². The minimum atomic E-state index is 0.450. The summed E-state index contributed by atoms with van der Waals surface area (Å²) < 4.78 is 5.33. The highest BCUT2D eigenvalue weighted by Gasteiger charge is 2.09. The molecule has 1 aromatic rings. The average Bonchev–Trinajstić information content (AvgIpc) is 2.15. The van der Waals surface area contributed by atoms with E-state index >= 15 is 0 Å². The third-order valence-corrected chi connectivity index (χ3v) is 2.52. The lowest BCUT2D eigenvalue weighted by molar-refractivity contribution is 0.408. The summed E-state index contributed by atoms with van der Waals surface area (Å²) >= 11 is 0. The fraction of sp³-hybridized carbons (Fsp3) is 0.455. The first-order valence-electron chi connectivity index (χ1n) is 4.70. The molecule has 0 aliphatic rings. The number of hydrogen-bond donors (Lipinski definition) is 2. The highest BCUT2D eigenvalue weighted by molar-refractivity contribution is 5.61. The fourth-order valence-electron chi connectivity index (χ4n) is 1.67. The van der Waals surface area contributed by atoms with Crippen LogP contribution in [0.25, 0.3) is 0 Å². The highest BCUT2D eigenvalue weighted by atomic mass is 16.5. The molecule has 0 atom stereocenters. The lowest BCUT2D eigenvalue weighted by atomic mass is 10.0. The van der Waals surface area contributed by atoms with Crippen molar-refractivity contribution in [3.05, 3.63) is 22.8 Å². The van der Waals surface area contributed by atoms with Crippen molar-refractivity contribution in [1.82, 2.24) is 0 Å². The molecular weight excluding hydrogens is 176 g/mol. The third kappa shape index (κ3) is 1.82. The molecule has 14 heavy (non-hydrogen) atoms. The van der Waals surface area contributed by atoms with Crippen LogP contribution in [0.3, 0.4) is 0 Å². The van der Waals surface area contributed by atoms with Crippen LogP contribution in [0.2, 0.25) is 0 Å². The normalized spacial score (nSPS) is 10.1. The van der Waals surface area contributed by atoms with Gasteiger partial charge in [-0.3, -0.25) is 0 Å². The summed E-state index contributed by atoms with van der Waals surface area (Å²) in [5, 5.41) is 3.13. The summed E-state index contributed by atoms with van der Waals surface area (Å²) in [6.45, 7) is 6.61. The molecule has 0 aliphatic heterocycles. The van der Waals surface area contributed by atoms with Gasteiger partial charge in [-0.25, -0.2) is 0 Å². The molecule has 3 heteroatoms. The number of anilines is 1. The Hall–Kier alpha value is -1.22. The van der Waals surface area contributed by atoms with Crippen LogP contribution in [0, 0.1) is 20.8 Å². The van der Waals surface area contributed by atoms with Crippen LogP contribution >= 0.6 is 0 Å². The van der Waals surface area contributed by atoms with E-state index in [4.69, 9.17) is 10.5 Å². The van der Waals surface area contributed by atoms with Crippen molar-refractivity contribution in [2.45, 2.75) is 20.8 Å². The first-order valence-corrected chi connectivity index (χ1v) is 4.70. The number of benzene rings is 1. The summed E-state index contributed by atoms with van der Waals surface area (Å²) in [6.07, 6.45) is 0. The number of nitrogens with two attached hydrogens (primary N) is 1. The minimum absolute atomic E-state index is 0.450. The predicted octanol–water partition coefficient (Wildman–Crippen LogP) is 1.95. The molecule has 0 aromatic heterocycles. The predicted molar refractivity (Wildman–Crippen MR) is 59.9 cm³/mol. The summed E-state index contributed by atoms with van der Waals surface area (Å²) in [6, 6.07) is 2.06. The van der Waals surface area contributed by atoms with Crippen LogP contribution in [0.15, 0.2) is 6.07 Å². The Bertz CT molecular complexity index is 335. The smallest absolute Gasteiger partial charge is 0.125 e. The first kappa shape index (κ1) is 10.9. The Morgan fingerprint density at radius 2 is 1.93 bits per heavy atom. The highest BCUT2D eigenvalue weighted by Crippen LogP contribution is 2.30. The Morgan fingerprint density at radius 1 is 1.29 bits per heavy atom. The average molecular weight is 194 g/mol. The summed E-state index contributed by atoms with van der Waals surface area (Å²) in [4.78, 5) is 0. The molecule has 0 aliphatic carbocycles. The van der Waals surface area contributed by atoms with Gasteiger partial charge in [-0.1, -0.05) is 0 Å². The molecule has 1 aromatic carbocycles. The summed E-state index contributed by atoms with van der Waals surface area (Å²) in [5.74, 6) is 0.963. The van der Waals surface area contributed by atoms with Crippen LogP contribution in [-0.4, -0.2) is 13.8 Å². The molecule has 1 rings (SSSR count). The van der Waals surface area contributed by atoms with Crippen molar-refractivity contribution in [1.29, 1.82) is 0 Å². The van der Waals surface area contributed by atoms with Crippen molar-refractivity contribution in [2.75, 3.05) is 19.1 Å². The number of ether oxygens (including phenoxy) is 1. The second-order valence-corrected chi connectivity index (χ2v) is 3.41. The maximum absolute atomic E-state index is 5.46. The minimum Gasteiger partial charge on any atom is -0.496 e. The van der Waals surface area contributed by atoms with E-state index in [0.717, 1.165) is 17.0 Å². The number of nitrogens with one attached hydrogen (secondary N) is 1. The van der Waals surface area contributed by atoms with E-state index in [2.05, 4.69) is 25.2 Å². The van der Waals surface area contributed by atoms with Crippen molar-refractivity contribution in [2.24, 2.45) is 5.73 Å². The second-order valence-electron chi connectivity index (χ2n) is 3.41. The van der Waals surface area contributed by atoms with Crippen LogP contribution in [0.5, 0.6) is 5.75 Å². The molecule has 0 saturated heterocycles. The van der Waals surface area contributed by atoms with Crippen LogP contribution in [0.1, 0.15) is 16.7 Å². The van der Waals surface area contributed by atoms with Gasteiger partial charge < -0.3 is 15.8 Å².